The maximum absolute atomic E-state index is 13.4. The summed E-state index contributed by atoms with van der Waals surface area (Å²) in [7, 11) is 1.50. The number of benzene rings is 3. The molecule has 2 fully saturated rings. The molecule has 0 aromatic heterocycles. The standard InChI is InChI=1S/C28H26FN3O5/c1-36-23-5-3-2-4-22(23)26(33)30-20-12-8-18(9-13-20)25-24(27(34)31-21-14-15-21)32(28(35)37-25)16-17-6-10-19(29)11-7-17/h2-13,21,24-25H,14-16H2,1H3,(H,30,33)(H,31,34)/t24-,25+/m0/s1. The van der Waals surface area contributed by atoms with Crippen LogP contribution in [0.2, 0.25) is 0 Å². The van der Waals surface area contributed by atoms with Gasteiger partial charge in [-0.2, -0.15) is 0 Å². The van der Waals surface area contributed by atoms with Crippen LogP contribution in [0, 0.1) is 5.82 Å². The van der Waals surface area contributed by atoms with Gasteiger partial charge in [0.15, 0.2) is 12.1 Å². The molecular formula is C28H26FN3O5. The third-order valence-electron chi connectivity index (χ3n) is 6.39. The fourth-order valence-corrected chi connectivity index (χ4v) is 4.30. The van der Waals surface area contributed by atoms with Crippen LogP contribution in [-0.4, -0.2) is 42.0 Å². The van der Waals surface area contributed by atoms with Crippen LogP contribution < -0.4 is 15.4 Å². The molecule has 0 spiro atoms. The molecule has 0 radical (unpaired) electrons. The van der Waals surface area contributed by atoms with Crippen molar-refractivity contribution in [2.24, 2.45) is 0 Å². The lowest BCUT2D eigenvalue weighted by atomic mass is 10.00. The third kappa shape index (κ3) is 5.40. The van der Waals surface area contributed by atoms with Crippen molar-refractivity contribution in [3.8, 4) is 5.75 Å². The molecule has 2 aliphatic rings. The summed E-state index contributed by atoms with van der Waals surface area (Å²) in [6.07, 6.45) is 0.331. The Labute approximate surface area is 213 Å². The monoisotopic (exact) mass is 503 g/mol. The van der Waals surface area contributed by atoms with Crippen LogP contribution in [0.5, 0.6) is 5.75 Å². The average Bonchev–Trinajstić information content (AvgIpc) is 3.67. The number of hydrogen-bond acceptors (Lipinski definition) is 5. The second kappa shape index (κ2) is 10.3. The van der Waals surface area contributed by atoms with E-state index in [9.17, 15) is 18.8 Å². The molecule has 2 N–H and O–H groups in total. The number of halogens is 1. The summed E-state index contributed by atoms with van der Waals surface area (Å²) in [4.78, 5) is 40.1. The molecule has 1 aliphatic carbocycles. The Kier molecular flexibility index (Phi) is 6.76. The SMILES string of the molecule is COc1ccccc1C(=O)Nc1ccc([C@H]2OC(=O)N(Cc3ccc(F)cc3)[C@@H]2C(=O)NC2CC2)cc1. The maximum Gasteiger partial charge on any atom is 0.411 e. The van der Waals surface area contributed by atoms with Gasteiger partial charge in [-0.1, -0.05) is 36.4 Å². The number of cyclic esters (lactones) is 1. The minimum atomic E-state index is -0.896. The van der Waals surface area contributed by atoms with Gasteiger partial charge in [0, 0.05) is 11.7 Å². The van der Waals surface area contributed by atoms with E-state index in [1.807, 2.05) is 0 Å². The fraction of sp³-hybridized carbons (Fsp3) is 0.250. The van der Waals surface area contributed by atoms with Crippen molar-refractivity contribution in [2.45, 2.75) is 37.6 Å². The van der Waals surface area contributed by atoms with Crippen LogP contribution >= 0.6 is 0 Å². The van der Waals surface area contributed by atoms with Crippen molar-refractivity contribution < 1.29 is 28.2 Å². The zero-order valence-corrected chi connectivity index (χ0v) is 20.1. The van der Waals surface area contributed by atoms with Gasteiger partial charge in [0.05, 0.1) is 19.2 Å². The van der Waals surface area contributed by atoms with E-state index in [2.05, 4.69) is 10.6 Å². The van der Waals surface area contributed by atoms with Crippen molar-refractivity contribution in [1.29, 1.82) is 0 Å². The number of anilines is 1. The van der Waals surface area contributed by atoms with Gasteiger partial charge < -0.3 is 20.1 Å². The number of carbonyl (C=O) groups excluding carboxylic acids is 3. The number of hydrogen-bond donors (Lipinski definition) is 2. The molecule has 1 saturated heterocycles. The highest BCUT2D eigenvalue weighted by molar-refractivity contribution is 6.06. The molecule has 0 bridgehead atoms. The molecular weight excluding hydrogens is 477 g/mol. The van der Waals surface area contributed by atoms with Crippen LogP contribution in [0.3, 0.4) is 0 Å². The highest BCUT2D eigenvalue weighted by Crippen LogP contribution is 2.35. The summed E-state index contributed by atoms with van der Waals surface area (Å²) in [5.74, 6) is -0.551. The number of methoxy groups -OCH3 is 1. The molecule has 3 aromatic rings. The lowest BCUT2D eigenvalue weighted by Crippen LogP contribution is -2.46. The summed E-state index contributed by atoms with van der Waals surface area (Å²) in [5.41, 5.74) is 2.22. The number of rotatable bonds is 8. The second-order valence-corrected chi connectivity index (χ2v) is 9.06. The predicted octanol–water partition coefficient (Wildman–Crippen LogP) is 4.43. The molecule has 0 unspecified atom stereocenters. The number of amides is 3. The largest absolute Gasteiger partial charge is 0.496 e. The summed E-state index contributed by atoms with van der Waals surface area (Å²) in [5, 5.41) is 5.79. The average molecular weight is 504 g/mol. The number of ether oxygens (including phenoxy) is 2. The van der Waals surface area contributed by atoms with Gasteiger partial charge in [0.25, 0.3) is 5.91 Å². The molecule has 9 heteroatoms. The van der Waals surface area contributed by atoms with E-state index in [0.717, 1.165) is 12.8 Å². The van der Waals surface area contributed by atoms with Gasteiger partial charge in [-0.15, -0.1) is 0 Å². The second-order valence-electron chi connectivity index (χ2n) is 9.06. The van der Waals surface area contributed by atoms with E-state index in [-0.39, 0.29) is 30.2 Å². The van der Waals surface area contributed by atoms with Crippen molar-refractivity contribution in [1.82, 2.24) is 10.2 Å². The molecule has 1 saturated carbocycles. The quantitative estimate of drug-likeness (QED) is 0.474. The summed E-state index contributed by atoms with van der Waals surface area (Å²) < 4.78 is 24.3. The molecule has 3 amide bonds. The van der Waals surface area contributed by atoms with E-state index in [1.165, 1.54) is 24.1 Å². The molecule has 8 nitrogen and oxygen atoms in total. The zero-order chi connectivity index (χ0) is 25.9. The lowest BCUT2D eigenvalue weighted by molar-refractivity contribution is -0.126. The van der Waals surface area contributed by atoms with Crippen LogP contribution in [-0.2, 0) is 16.1 Å². The first-order valence-electron chi connectivity index (χ1n) is 12.0. The van der Waals surface area contributed by atoms with Crippen LogP contribution in [0.4, 0.5) is 14.9 Å². The van der Waals surface area contributed by atoms with E-state index in [1.54, 1.807) is 60.7 Å². The zero-order valence-electron chi connectivity index (χ0n) is 20.1. The Morgan fingerprint density at radius 1 is 1.03 bits per heavy atom. The van der Waals surface area contributed by atoms with E-state index in [4.69, 9.17) is 9.47 Å². The summed E-state index contributed by atoms with van der Waals surface area (Å²) in [6, 6.07) is 18.7. The summed E-state index contributed by atoms with van der Waals surface area (Å²) in [6.45, 7) is 0.103. The van der Waals surface area contributed by atoms with Crippen molar-refractivity contribution in [3.63, 3.8) is 0 Å². The molecule has 1 aliphatic heterocycles. The van der Waals surface area contributed by atoms with Gasteiger partial charge in [0.2, 0.25) is 5.91 Å². The van der Waals surface area contributed by atoms with Crippen molar-refractivity contribution in [3.05, 3.63) is 95.3 Å². The van der Waals surface area contributed by atoms with Gasteiger partial charge in [-0.25, -0.2) is 9.18 Å². The topological polar surface area (TPSA) is 97.0 Å². The molecule has 5 rings (SSSR count). The Morgan fingerprint density at radius 3 is 2.41 bits per heavy atom. The molecule has 3 aromatic carbocycles. The minimum Gasteiger partial charge on any atom is -0.496 e. The first-order valence-corrected chi connectivity index (χ1v) is 12.0. The Morgan fingerprint density at radius 2 is 1.73 bits per heavy atom. The normalized spacial score (nSPS) is 18.8. The van der Waals surface area contributed by atoms with E-state index >= 15 is 0 Å². The number of carbonyl (C=O) groups is 3. The first kappa shape index (κ1) is 24.3. The van der Waals surface area contributed by atoms with Gasteiger partial charge in [-0.05, 0) is 60.4 Å². The summed E-state index contributed by atoms with van der Waals surface area (Å²) >= 11 is 0. The van der Waals surface area contributed by atoms with Crippen LogP contribution in [0.1, 0.15) is 40.4 Å². The highest BCUT2D eigenvalue weighted by Gasteiger charge is 2.47. The van der Waals surface area contributed by atoms with Crippen molar-refractivity contribution >= 4 is 23.6 Å². The van der Waals surface area contributed by atoms with Gasteiger partial charge in [-0.3, -0.25) is 14.5 Å². The van der Waals surface area contributed by atoms with E-state index < -0.39 is 18.2 Å². The Balaban J connectivity index is 1.35. The number of para-hydroxylation sites is 1. The smallest absolute Gasteiger partial charge is 0.411 e. The molecule has 2 atom stereocenters. The predicted molar refractivity (Wildman–Crippen MR) is 134 cm³/mol. The van der Waals surface area contributed by atoms with Crippen LogP contribution in [0.25, 0.3) is 0 Å². The molecule has 190 valence electrons. The van der Waals surface area contributed by atoms with E-state index in [0.29, 0.717) is 28.1 Å². The number of nitrogens with zero attached hydrogens (tertiary/aromatic N) is 1. The number of nitrogens with one attached hydrogen (secondary N) is 2. The molecule has 1 heterocycles. The maximum atomic E-state index is 13.4. The van der Waals surface area contributed by atoms with Gasteiger partial charge >= 0.3 is 6.09 Å². The highest BCUT2D eigenvalue weighted by atomic mass is 19.1. The Bertz CT molecular complexity index is 1310. The Hall–Kier alpha value is -4.40. The third-order valence-corrected chi connectivity index (χ3v) is 6.39. The minimum absolute atomic E-state index is 0.101. The lowest BCUT2D eigenvalue weighted by Gasteiger charge is -2.24. The fourth-order valence-electron chi connectivity index (χ4n) is 4.30. The van der Waals surface area contributed by atoms with Gasteiger partial charge in [0.1, 0.15) is 11.6 Å². The van der Waals surface area contributed by atoms with Crippen LogP contribution in [0.15, 0.2) is 72.8 Å². The molecule has 37 heavy (non-hydrogen) atoms. The van der Waals surface area contributed by atoms with Crippen molar-refractivity contribution in [2.75, 3.05) is 12.4 Å². The first-order chi connectivity index (χ1) is 17.9.